The molecule has 6 amide bonds. The summed E-state index contributed by atoms with van der Waals surface area (Å²) in [5.74, 6) is 0.626. The van der Waals surface area contributed by atoms with Gasteiger partial charge >= 0.3 is 0 Å². The molecule has 294 valence electrons. The molecule has 1 unspecified atom stereocenters. The van der Waals surface area contributed by atoms with E-state index in [0.29, 0.717) is 54.5 Å². The SMILES string of the molecule is C[C@]12C=CC(=O)N[C@@H]1CC[C@@H]1[C@@H]2CC[C@]2(C)[C@@H](C(=O)Nc3cccc(OCC4CCN(c5cccc6c5C(=O)N(C5CCC(=O)NC5=O)C6=O)CC4)c3)CC[C@@H]12. The average molecular weight is 762 g/mol. The van der Waals surface area contributed by atoms with E-state index < -0.39 is 29.7 Å². The number of rotatable bonds is 7. The summed E-state index contributed by atoms with van der Waals surface area (Å²) in [6.07, 6.45) is 11.9. The number of carbonyl (C=O) groups excluding carboxylic acids is 6. The van der Waals surface area contributed by atoms with Gasteiger partial charge in [0.05, 0.1) is 23.4 Å². The number of nitrogens with one attached hydrogen (secondary N) is 3. The third kappa shape index (κ3) is 6.02. The first-order valence-electron chi connectivity index (χ1n) is 20.6. The molecule has 3 saturated carbocycles. The molecule has 12 nitrogen and oxygen atoms in total. The predicted molar refractivity (Wildman–Crippen MR) is 208 cm³/mol. The fraction of sp³-hybridized carbons (Fsp3) is 0.545. The number of piperidine rings is 2. The van der Waals surface area contributed by atoms with Gasteiger partial charge in [-0.3, -0.25) is 39.0 Å². The Kier molecular flexibility index (Phi) is 9.08. The van der Waals surface area contributed by atoms with E-state index in [-0.39, 0.29) is 58.9 Å². The number of carbonyl (C=O) groups is 6. The Morgan fingerprint density at radius 1 is 0.893 bits per heavy atom. The van der Waals surface area contributed by atoms with Crippen LogP contribution >= 0.6 is 0 Å². The lowest BCUT2D eigenvalue weighted by molar-refractivity contribution is -0.136. The number of hydrogen-bond acceptors (Lipinski definition) is 8. The zero-order valence-corrected chi connectivity index (χ0v) is 32.2. The fourth-order valence-electron chi connectivity index (χ4n) is 12.0. The van der Waals surface area contributed by atoms with Crippen LogP contribution in [0.1, 0.15) is 98.8 Å². The number of nitrogens with zero attached hydrogens (tertiary/aromatic N) is 2. The number of anilines is 2. The molecule has 2 aromatic rings. The van der Waals surface area contributed by atoms with Gasteiger partial charge in [-0.05, 0) is 117 Å². The minimum absolute atomic E-state index is 0.0227. The molecule has 12 heteroatoms. The molecule has 5 fully saturated rings. The Morgan fingerprint density at radius 3 is 2.50 bits per heavy atom. The molecule has 3 N–H and O–H groups in total. The maximum atomic E-state index is 14.0. The maximum absolute atomic E-state index is 14.0. The molecule has 3 aliphatic carbocycles. The molecule has 2 aromatic carbocycles. The number of benzene rings is 2. The van der Waals surface area contributed by atoms with E-state index >= 15 is 0 Å². The summed E-state index contributed by atoms with van der Waals surface area (Å²) in [6, 6.07) is 12.1. The van der Waals surface area contributed by atoms with Crippen LogP contribution in [0, 0.1) is 40.4 Å². The second-order valence-electron chi connectivity index (χ2n) is 17.8. The predicted octanol–water partition coefficient (Wildman–Crippen LogP) is 5.24. The summed E-state index contributed by atoms with van der Waals surface area (Å²) in [4.78, 5) is 80.5. The van der Waals surface area contributed by atoms with Crippen molar-refractivity contribution in [3.8, 4) is 5.75 Å². The zero-order chi connectivity index (χ0) is 38.9. The van der Waals surface area contributed by atoms with E-state index in [0.717, 1.165) is 62.0 Å². The molecule has 7 aliphatic rings. The third-order valence-electron chi connectivity index (χ3n) is 15.0. The largest absolute Gasteiger partial charge is 0.493 e. The van der Waals surface area contributed by atoms with Crippen LogP contribution in [0.3, 0.4) is 0 Å². The molecule has 2 saturated heterocycles. The zero-order valence-electron chi connectivity index (χ0n) is 32.2. The minimum Gasteiger partial charge on any atom is -0.493 e. The second-order valence-corrected chi connectivity index (χ2v) is 17.8. The summed E-state index contributed by atoms with van der Waals surface area (Å²) >= 11 is 0. The Hall–Kier alpha value is -5.00. The second kappa shape index (κ2) is 13.9. The molecule has 4 heterocycles. The van der Waals surface area contributed by atoms with Crippen molar-refractivity contribution in [2.24, 2.45) is 40.4 Å². The topological polar surface area (TPSA) is 154 Å². The molecule has 0 bridgehead atoms. The van der Waals surface area contributed by atoms with E-state index in [4.69, 9.17) is 4.74 Å². The monoisotopic (exact) mass is 761 g/mol. The van der Waals surface area contributed by atoms with Crippen LogP contribution in [0.4, 0.5) is 11.4 Å². The summed E-state index contributed by atoms with van der Waals surface area (Å²) < 4.78 is 6.29. The van der Waals surface area contributed by atoms with Crippen LogP contribution in [-0.2, 0) is 19.2 Å². The highest BCUT2D eigenvalue weighted by Gasteiger charge is 2.61. The number of imide groups is 2. The van der Waals surface area contributed by atoms with Crippen LogP contribution in [0.25, 0.3) is 0 Å². The van der Waals surface area contributed by atoms with Gasteiger partial charge in [-0.2, -0.15) is 0 Å². The van der Waals surface area contributed by atoms with Crippen molar-refractivity contribution in [3.63, 3.8) is 0 Å². The highest BCUT2D eigenvalue weighted by Crippen LogP contribution is 2.65. The van der Waals surface area contributed by atoms with E-state index in [1.165, 1.54) is 0 Å². The molecule has 4 aliphatic heterocycles. The normalized spacial score (nSPS) is 33.9. The van der Waals surface area contributed by atoms with Crippen molar-refractivity contribution in [3.05, 3.63) is 65.7 Å². The van der Waals surface area contributed by atoms with Gasteiger partial charge in [-0.25, -0.2) is 0 Å². The maximum Gasteiger partial charge on any atom is 0.264 e. The van der Waals surface area contributed by atoms with Crippen LogP contribution in [0.5, 0.6) is 5.75 Å². The van der Waals surface area contributed by atoms with Crippen molar-refractivity contribution >= 4 is 46.8 Å². The molecule has 0 spiro atoms. The molecule has 9 rings (SSSR count). The van der Waals surface area contributed by atoms with Gasteiger partial charge in [-0.1, -0.05) is 32.1 Å². The first kappa shape index (κ1) is 36.6. The van der Waals surface area contributed by atoms with E-state index in [2.05, 4.69) is 40.8 Å². The molecule has 56 heavy (non-hydrogen) atoms. The number of amides is 6. The summed E-state index contributed by atoms with van der Waals surface area (Å²) in [7, 11) is 0. The van der Waals surface area contributed by atoms with Crippen molar-refractivity contribution in [2.45, 2.75) is 90.1 Å². The standard InChI is InChI=1S/C44H51N5O7/c1-43-19-15-31-28(9-13-35-44(31,2)20-16-37(51)46-35)30(43)10-11-32(43)39(52)45-26-5-3-6-27(23-26)56-24-25-17-21-48(22-18-25)33-8-4-7-29-38(33)42(55)49(41(29)54)34-12-14-36(50)47-40(34)53/h3-8,16,20,23,25,28,30-32,34-35H,9-15,17-19,21-22,24H2,1-2H3,(H,45,52)(H,46,51)(H,47,50,53)/t28-,30-,31-,32+,34?,35+,43-,44+/m0/s1. The van der Waals surface area contributed by atoms with E-state index in [1.807, 2.05) is 30.3 Å². The van der Waals surface area contributed by atoms with E-state index in [1.54, 1.807) is 18.2 Å². The highest BCUT2D eigenvalue weighted by molar-refractivity contribution is 6.25. The van der Waals surface area contributed by atoms with Crippen LogP contribution < -0.4 is 25.6 Å². The third-order valence-corrected chi connectivity index (χ3v) is 15.0. The highest BCUT2D eigenvalue weighted by atomic mass is 16.5. The lowest BCUT2D eigenvalue weighted by Crippen LogP contribution is -2.59. The molecular weight excluding hydrogens is 711 g/mol. The smallest absolute Gasteiger partial charge is 0.264 e. The van der Waals surface area contributed by atoms with Gasteiger partial charge in [0.15, 0.2) is 0 Å². The molecule has 8 atom stereocenters. The quantitative estimate of drug-likeness (QED) is 0.324. The lowest BCUT2D eigenvalue weighted by atomic mass is 9.48. The van der Waals surface area contributed by atoms with Gasteiger partial charge in [0.25, 0.3) is 11.8 Å². The first-order valence-corrected chi connectivity index (χ1v) is 20.6. The average Bonchev–Trinajstić information content (AvgIpc) is 3.67. The number of hydrogen-bond donors (Lipinski definition) is 3. The Labute approximate surface area is 327 Å². The number of ether oxygens (including phenoxy) is 1. The van der Waals surface area contributed by atoms with Crippen LogP contribution in [-0.4, -0.2) is 72.1 Å². The van der Waals surface area contributed by atoms with Gasteiger partial charge in [0.1, 0.15) is 11.8 Å². The first-order chi connectivity index (χ1) is 26.9. The Morgan fingerprint density at radius 2 is 1.70 bits per heavy atom. The minimum atomic E-state index is -0.998. The van der Waals surface area contributed by atoms with Crippen molar-refractivity contribution in [2.75, 3.05) is 29.9 Å². The van der Waals surface area contributed by atoms with Crippen LogP contribution in [0.2, 0.25) is 0 Å². The Bertz CT molecular complexity index is 2040. The van der Waals surface area contributed by atoms with Gasteiger partial charge < -0.3 is 20.3 Å². The van der Waals surface area contributed by atoms with Crippen LogP contribution in [0.15, 0.2) is 54.6 Å². The summed E-state index contributed by atoms with van der Waals surface area (Å²) in [5, 5.41) is 8.75. The van der Waals surface area contributed by atoms with Crippen molar-refractivity contribution in [1.29, 1.82) is 0 Å². The fourth-order valence-corrected chi connectivity index (χ4v) is 12.0. The van der Waals surface area contributed by atoms with Gasteiger partial charge in [-0.15, -0.1) is 0 Å². The van der Waals surface area contributed by atoms with Gasteiger partial charge in [0, 0.05) is 48.6 Å². The summed E-state index contributed by atoms with van der Waals surface area (Å²) in [5.41, 5.74) is 1.96. The molecular formula is C44H51N5O7. The van der Waals surface area contributed by atoms with Crippen molar-refractivity contribution in [1.82, 2.24) is 15.5 Å². The lowest BCUT2D eigenvalue weighted by Gasteiger charge is -2.58. The molecule has 0 aromatic heterocycles. The molecule has 0 radical (unpaired) electrons. The Balaban J connectivity index is 0.793. The van der Waals surface area contributed by atoms with Crippen molar-refractivity contribution < 1.29 is 33.5 Å². The van der Waals surface area contributed by atoms with E-state index in [9.17, 15) is 28.8 Å². The number of fused-ring (bicyclic) bond motifs is 6. The van der Waals surface area contributed by atoms with Gasteiger partial charge in [0.2, 0.25) is 23.6 Å². The summed E-state index contributed by atoms with van der Waals surface area (Å²) in [6.45, 7) is 6.55.